The number of nitrogens with one attached hydrogen (secondary N) is 2. The first-order valence-corrected chi connectivity index (χ1v) is 18.7. The van der Waals surface area contributed by atoms with Crippen LogP contribution in [0.2, 0.25) is 0 Å². The summed E-state index contributed by atoms with van der Waals surface area (Å²) in [6, 6.07) is 20.1. The minimum atomic E-state index is -4.50. The molecular weight excluding hydrogens is 711 g/mol. The van der Waals surface area contributed by atoms with Crippen molar-refractivity contribution in [2.75, 3.05) is 36.4 Å². The van der Waals surface area contributed by atoms with E-state index in [0.717, 1.165) is 69.4 Å². The number of hydrogen-bond acceptors (Lipinski definition) is 6. The fraction of sp³-hybridized carbons (Fsp3) is 0.357. The number of aliphatic carboxylic acids is 1. The van der Waals surface area contributed by atoms with E-state index < -0.39 is 29.5 Å². The monoisotopic (exact) mass is 755 g/mol. The summed E-state index contributed by atoms with van der Waals surface area (Å²) >= 11 is 0. The van der Waals surface area contributed by atoms with E-state index in [4.69, 9.17) is 5.11 Å². The van der Waals surface area contributed by atoms with Crippen molar-refractivity contribution in [3.05, 3.63) is 113 Å². The molecule has 13 heteroatoms. The molecule has 0 atom stereocenters. The van der Waals surface area contributed by atoms with Gasteiger partial charge in [-0.05, 0) is 117 Å². The first-order chi connectivity index (χ1) is 26.4. The normalized spacial score (nSPS) is 15.0. The Morgan fingerprint density at radius 2 is 1.53 bits per heavy atom. The number of carbonyl (C=O) groups excluding carboxylic acids is 3. The molecule has 2 aliphatic rings. The number of halogens is 3. The maximum atomic E-state index is 13.8. The third-order valence-corrected chi connectivity index (χ3v) is 10.3. The van der Waals surface area contributed by atoms with Crippen LogP contribution in [0.1, 0.15) is 93.6 Å². The smallest absolute Gasteiger partial charge is 0.416 e. The van der Waals surface area contributed by atoms with E-state index in [2.05, 4.69) is 20.5 Å². The Balaban J connectivity index is 1.18. The zero-order chi connectivity index (χ0) is 39.0. The van der Waals surface area contributed by atoms with Crippen LogP contribution in [-0.4, -0.2) is 64.9 Å². The van der Waals surface area contributed by atoms with Crippen molar-refractivity contribution in [1.29, 1.82) is 0 Å². The molecule has 2 fully saturated rings. The molecule has 10 nitrogen and oxygen atoms in total. The Bertz CT molecular complexity index is 2020. The van der Waals surface area contributed by atoms with Crippen molar-refractivity contribution in [3.63, 3.8) is 0 Å². The molecule has 3 heterocycles. The van der Waals surface area contributed by atoms with Gasteiger partial charge >= 0.3 is 12.1 Å². The van der Waals surface area contributed by atoms with Gasteiger partial charge in [-0.3, -0.25) is 24.2 Å². The first-order valence-electron chi connectivity index (χ1n) is 18.7. The summed E-state index contributed by atoms with van der Waals surface area (Å²) in [6.07, 6.45) is 3.41. The standard InChI is InChI=1S/C42H44F3N5O5/c43-42(44,45)33-11-4-8-29(23-33)27-47-39(53)31-15-18-46-37(25-31)35-26-34(49-19-2-1-3-20-49)13-14-36(35)48-40(54)30-9-6-10-32(24-30)41(55)50-21-16-28(17-22-50)7-5-12-38(51)52/h4,6,8-11,13-15,18,23-26,28H,1-3,5,7,12,16-17,19-22,27H2,(H,47,53)(H,48,54)(H,51,52). The minimum absolute atomic E-state index is 0.111. The molecule has 0 radical (unpaired) electrons. The molecule has 288 valence electrons. The maximum absolute atomic E-state index is 13.8. The zero-order valence-corrected chi connectivity index (χ0v) is 30.4. The highest BCUT2D eigenvalue weighted by atomic mass is 19.4. The SMILES string of the molecule is O=C(O)CCCC1CCN(C(=O)c2cccc(C(=O)Nc3ccc(N4CCCCC4)cc3-c3cc(C(=O)NCc4cccc(C(F)(F)F)c4)ccn3)c2)CC1. The van der Waals surface area contributed by atoms with Gasteiger partial charge < -0.3 is 25.5 Å². The molecule has 55 heavy (non-hydrogen) atoms. The molecule has 3 aromatic carbocycles. The summed E-state index contributed by atoms with van der Waals surface area (Å²) in [6.45, 7) is 2.77. The second-order valence-corrected chi connectivity index (χ2v) is 14.1. The van der Waals surface area contributed by atoms with Crippen molar-refractivity contribution >= 4 is 35.1 Å². The lowest BCUT2D eigenvalue weighted by atomic mass is 9.91. The quantitative estimate of drug-likeness (QED) is 0.133. The molecule has 4 aromatic rings. The molecule has 1 aromatic heterocycles. The number of carboxylic acid groups (broad SMARTS) is 1. The average molecular weight is 756 g/mol. The number of aromatic nitrogens is 1. The second kappa shape index (κ2) is 17.6. The van der Waals surface area contributed by atoms with Crippen molar-refractivity contribution < 1.29 is 37.5 Å². The van der Waals surface area contributed by atoms with Crippen LogP contribution >= 0.6 is 0 Å². The van der Waals surface area contributed by atoms with Crippen LogP contribution in [0.15, 0.2) is 85.1 Å². The Labute approximate surface area is 317 Å². The number of piperidine rings is 2. The van der Waals surface area contributed by atoms with Gasteiger partial charge in [-0.15, -0.1) is 0 Å². The molecule has 3 N–H and O–H groups in total. The van der Waals surface area contributed by atoms with E-state index >= 15 is 0 Å². The van der Waals surface area contributed by atoms with Gasteiger partial charge in [0.1, 0.15) is 0 Å². The largest absolute Gasteiger partial charge is 0.481 e. The summed E-state index contributed by atoms with van der Waals surface area (Å²) in [5, 5.41) is 14.6. The third-order valence-electron chi connectivity index (χ3n) is 10.3. The maximum Gasteiger partial charge on any atom is 0.416 e. The number of benzene rings is 3. The fourth-order valence-electron chi connectivity index (χ4n) is 7.20. The average Bonchev–Trinajstić information content (AvgIpc) is 3.20. The van der Waals surface area contributed by atoms with Gasteiger partial charge in [0.2, 0.25) is 0 Å². The molecule has 0 spiro atoms. The third kappa shape index (κ3) is 10.3. The van der Waals surface area contributed by atoms with E-state index in [9.17, 15) is 32.3 Å². The van der Waals surface area contributed by atoms with Crippen molar-refractivity contribution in [2.24, 2.45) is 5.92 Å². The predicted molar refractivity (Wildman–Crippen MR) is 203 cm³/mol. The van der Waals surface area contributed by atoms with Crippen LogP contribution in [0.5, 0.6) is 0 Å². The van der Waals surface area contributed by atoms with Crippen molar-refractivity contribution in [1.82, 2.24) is 15.2 Å². The van der Waals surface area contributed by atoms with Crippen LogP contribution < -0.4 is 15.5 Å². The van der Waals surface area contributed by atoms with Crippen LogP contribution in [0.25, 0.3) is 11.3 Å². The molecule has 0 saturated carbocycles. The zero-order valence-electron chi connectivity index (χ0n) is 30.4. The topological polar surface area (TPSA) is 132 Å². The number of likely N-dealkylation sites (tertiary alicyclic amines) is 1. The Kier molecular flexibility index (Phi) is 12.5. The van der Waals surface area contributed by atoms with E-state index in [0.29, 0.717) is 53.5 Å². The Morgan fingerprint density at radius 1 is 0.800 bits per heavy atom. The summed E-state index contributed by atoms with van der Waals surface area (Å²) in [4.78, 5) is 59.9. The highest BCUT2D eigenvalue weighted by Crippen LogP contribution is 2.34. The molecule has 0 bridgehead atoms. The summed E-state index contributed by atoms with van der Waals surface area (Å²) in [5.74, 6) is -1.52. The number of nitrogens with zero attached hydrogens (tertiary/aromatic N) is 3. The summed E-state index contributed by atoms with van der Waals surface area (Å²) in [7, 11) is 0. The molecule has 0 unspecified atom stereocenters. The lowest BCUT2D eigenvalue weighted by molar-refractivity contribution is -0.138. The van der Waals surface area contributed by atoms with E-state index in [1.165, 1.54) is 24.4 Å². The minimum Gasteiger partial charge on any atom is -0.481 e. The van der Waals surface area contributed by atoms with Gasteiger partial charge in [0.15, 0.2) is 0 Å². The van der Waals surface area contributed by atoms with Crippen molar-refractivity contribution in [3.8, 4) is 11.3 Å². The molecule has 3 amide bonds. The Morgan fingerprint density at radius 3 is 2.27 bits per heavy atom. The first kappa shape index (κ1) is 39.0. The number of amides is 3. The van der Waals surface area contributed by atoms with E-state index in [1.54, 1.807) is 41.3 Å². The predicted octanol–water partition coefficient (Wildman–Crippen LogP) is 8.05. The van der Waals surface area contributed by atoms with Gasteiger partial charge in [0, 0.05) is 73.3 Å². The number of anilines is 2. The highest BCUT2D eigenvalue weighted by molar-refractivity contribution is 6.08. The number of alkyl halides is 3. The molecule has 6 rings (SSSR count). The fourth-order valence-corrected chi connectivity index (χ4v) is 7.20. The number of pyridine rings is 1. The number of carbonyl (C=O) groups is 4. The molecule has 0 aliphatic carbocycles. The number of rotatable bonds is 12. The van der Waals surface area contributed by atoms with Gasteiger partial charge in [0.05, 0.1) is 16.9 Å². The van der Waals surface area contributed by atoms with Gasteiger partial charge in [0.25, 0.3) is 17.7 Å². The van der Waals surface area contributed by atoms with E-state index in [1.807, 2.05) is 12.1 Å². The number of carboxylic acids is 1. The van der Waals surface area contributed by atoms with Crippen molar-refractivity contribution in [2.45, 2.75) is 64.1 Å². The lowest BCUT2D eigenvalue weighted by Crippen LogP contribution is -2.38. The van der Waals surface area contributed by atoms with Crippen LogP contribution in [0, 0.1) is 5.92 Å². The van der Waals surface area contributed by atoms with Gasteiger partial charge in [-0.1, -0.05) is 18.2 Å². The molecule has 2 saturated heterocycles. The second-order valence-electron chi connectivity index (χ2n) is 14.1. The van der Waals surface area contributed by atoms with Crippen LogP contribution in [0.4, 0.5) is 24.5 Å². The van der Waals surface area contributed by atoms with Gasteiger partial charge in [-0.25, -0.2) is 0 Å². The molecule has 2 aliphatic heterocycles. The van der Waals surface area contributed by atoms with E-state index in [-0.39, 0.29) is 30.0 Å². The van der Waals surface area contributed by atoms with Crippen LogP contribution in [0.3, 0.4) is 0 Å². The molecular formula is C42H44F3N5O5. The van der Waals surface area contributed by atoms with Gasteiger partial charge in [-0.2, -0.15) is 13.2 Å². The number of hydrogen-bond donors (Lipinski definition) is 3. The summed E-state index contributed by atoms with van der Waals surface area (Å²) in [5.41, 5.74) is 2.80. The Hall–Kier alpha value is -5.72. The van der Waals surface area contributed by atoms with Crippen LogP contribution in [-0.2, 0) is 17.5 Å². The highest BCUT2D eigenvalue weighted by Gasteiger charge is 2.30. The summed E-state index contributed by atoms with van der Waals surface area (Å²) < 4.78 is 39.7. The lowest BCUT2D eigenvalue weighted by Gasteiger charge is -2.32.